The van der Waals surface area contributed by atoms with E-state index in [1.165, 1.54) is 30.3 Å². The van der Waals surface area contributed by atoms with Crippen molar-refractivity contribution in [2.45, 2.75) is 0 Å². The van der Waals surface area contributed by atoms with Crippen molar-refractivity contribution in [1.29, 1.82) is 0 Å². The molecule has 0 aliphatic rings. The predicted octanol–water partition coefficient (Wildman–Crippen LogP) is 4.21. The zero-order valence-corrected chi connectivity index (χ0v) is 12.0. The third-order valence-electron chi connectivity index (χ3n) is 3.39. The Morgan fingerprint density at radius 2 is 1.91 bits per heavy atom. The Hall–Kier alpha value is -2.88. The fourth-order valence-electron chi connectivity index (χ4n) is 2.23. The van der Waals surface area contributed by atoms with Crippen LogP contribution in [0.4, 0.5) is 4.39 Å². The number of methoxy groups -OCH3 is 1. The van der Waals surface area contributed by atoms with Crippen molar-refractivity contribution in [3.63, 3.8) is 0 Å². The topological polar surface area (TPSA) is 42.1 Å². The van der Waals surface area contributed by atoms with E-state index < -0.39 is 0 Å². The molecule has 3 aromatic rings. The number of allylic oxidation sites excluding steroid dienone is 1. The van der Waals surface area contributed by atoms with E-state index >= 15 is 0 Å². The number of halogens is 1. The van der Waals surface area contributed by atoms with Gasteiger partial charge in [0.1, 0.15) is 11.6 Å². The number of hydrogen-bond acceptors (Lipinski definition) is 2. The maximum atomic E-state index is 12.8. The highest BCUT2D eigenvalue weighted by atomic mass is 19.1. The molecule has 0 radical (unpaired) electrons. The Bertz CT molecular complexity index is 847. The van der Waals surface area contributed by atoms with Crippen LogP contribution >= 0.6 is 0 Å². The Morgan fingerprint density at radius 1 is 1.14 bits per heavy atom. The second kappa shape index (κ2) is 5.85. The summed E-state index contributed by atoms with van der Waals surface area (Å²) >= 11 is 0. The lowest BCUT2D eigenvalue weighted by Gasteiger charge is -1.97. The zero-order valence-electron chi connectivity index (χ0n) is 12.0. The number of aromatic nitrogens is 1. The Kier molecular flexibility index (Phi) is 3.74. The lowest BCUT2D eigenvalue weighted by atomic mass is 10.1. The molecule has 0 saturated heterocycles. The molecule has 1 aromatic heterocycles. The van der Waals surface area contributed by atoms with Gasteiger partial charge in [0.25, 0.3) is 0 Å². The van der Waals surface area contributed by atoms with Crippen LogP contribution in [0.1, 0.15) is 16.1 Å². The zero-order chi connectivity index (χ0) is 15.5. The van der Waals surface area contributed by atoms with Crippen molar-refractivity contribution in [3.05, 3.63) is 71.7 Å². The fraction of sp³-hybridized carbons (Fsp3) is 0.0556. The summed E-state index contributed by atoms with van der Waals surface area (Å²) in [5.41, 5.74) is 2.24. The molecule has 0 amide bonds. The van der Waals surface area contributed by atoms with Crippen LogP contribution in [0.5, 0.6) is 5.75 Å². The number of nitrogens with one attached hydrogen (secondary N) is 1. The number of ether oxygens (including phenoxy) is 1. The predicted molar refractivity (Wildman–Crippen MR) is 84.6 cm³/mol. The van der Waals surface area contributed by atoms with Crippen LogP contribution in [0.3, 0.4) is 0 Å². The summed E-state index contributed by atoms with van der Waals surface area (Å²) in [6.07, 6.45) is 3.17. The van der Waals surface area contributed by atoms with E-state index in [1.54, 1.807) is 13.2 Å². The van der Waals surface area contributed by atoms with Crippen molar-refractivity contribution in [1.82, 2.24) is 4.98 Å². The van der Waals surface area contributed by atoms with Gasteiger partial charge in [-0.05, 0) is 60.7 Å². The number of hydrogen-bond donors (Lipinski definition) is 1. The van der Waals surface area contributed by atoms with E-state index in [4.69, 9.17) is 4.74 Å². The number of ketones is 1. The molecular formula is C18H14FNO2. The van der Waals surface area contributed by atoms with E-state index in [2.05, 4.69) is 4.98 Å². The number of fused-ring (bicyclic) bond motifs is 1. The van der Waals surface area contributed by atoms with Crippen LogP contribution in [0, 0.1) is 5.82 Å². The Morgan fingerprint density at radius 3 is 2.64 bits per heavy atom. The first-order chi connectivity index (χ1) is 10.7. The van der Waals surface area contributed by atoms with Gasteiger partial charge < -0.3 is 9.72 Å². The van der Waals surface area contributed by atoms with Gasteiger partial charge in [0, 0.05) is 22.2 Å². The molecule has 2 aromatic carbocycles. The minimum atomic E-state index is -0.356. The Balaban J connectivity index is 1.82. The van der Waals surface area contributed by atoms with E-state index in [0.29, 0.717) is 5.56 Å². The van der Waals surface area contributed by atoms with Gasteiger partial charge in [-0.15, -0.1) is 0 Å². The van der Waals surface area contributed by atoms with E-state index in [-0.39, 0.29) is 11.6 Å². The lowest BCUT2D eigenvalue weighted by Crippen LogP contribution is -1.93. The molecule has 0 bridgehead atoms. The van der Waals surface area contributed by atoms with Gasteiger partial charge >= 0.3 is 0 Å². The van der Waals surface area contributed by atoms with Crippen molar-refractivity contribution in [2.75, 3.05) is 7.11 Å². The molecule has 0 saturated carbocycles. The molecule has 0 atom stereocenters. The number of aromatic amines is 1. The van der Waals surface area contributed by atoms with Gasteiger partial charge in [0.15, 0.2) is 5.78 Å². The molecule has 0 aliphatic heterocycles. The van der Waals surface area contributed by atoms with Gasteiger partial charge in [-0.25, -0.2) is 4.39 Å². The average molecular weight is 295 g/mol. The largest absolute Gasteiger partial charge is 0.497 e. The van der Waals surface area contributed by atoms with Crippen molar-refractivity contribution in [3.8, 4) is 5.75 Å². The van der Waals surface area contributed by atoms with E-state index in [1.807, 2.05) is 24.3 Å². The average Bonchev–Trinajstić information content (AvgIpc) is 2.95. The SMILES string of the molecule is COc1ccc2[nH]c(/C=C/C(=O)c3ccc(F)cc3)cc2c1. The molecule has 1 heterocycles. The quantitative estimate of drug-likeness (QED) is 0.578. The molecule has 110 valence electrons. The fourth-order valence-corrected chi connectivity index (χ4v) is 2.23. The highest BCUT2D eigenvalue weighted by Gasteiger charge is 2.03. The van der Waals surface area contributed by atoms with Gasteiger partial charge in [0.2, 0.25) is 0 Å². The highest BCUT2D eigenvalue weighted by Crippen LogP contribution is 2.22. The molecule has 0 aliphatic carbocycles. The van der Waals surface area contributed by atoms with Gasteiger partial charge in [-0.1, -0.05) is 0 Å². The number of rotatable bonds is 4. The monoisotopic (exact) mass is 295 g/mol. The minimum Gasteiger partial charge on any atom is -0.497 e. The smallest absolute Gasteiger partial charge is 0.185 e. The van der Waals surface area contributed by atoms with Crippen LogP contribution in [-0.2, 0) is 0 Å². The molecule has 0 fully saturated rings. The molecular weight excluding hydrogens is 281 g/mol. The van der Waals surface area contributed by atoms with Crippen LogP contribution < -0.4 is 4.74 Å². The number of carbonyl (C=O) groups excluding carboxylic acids is 1. The number of H-pyrrole nitrogens is 1. The van der Waals surface area contributed by atoms with Gasteiger partial charge in [-0.2, -0.15) is 0 Å². The van der Waals surface area contributed by atoms with Crippen LogP contribution in [-0.4, -0.2) is 17.9 Å². The third kappa shape index (κ3) is 2.91. The maximum absolute atomic E-state index is 12.8. The summed E-state index contributed by atoms with van der Waals surface area (Å²) in [7, 11) is 1.62. The van der Waals surface area contributed by atoms with Crippen LogP contribution in [0.2, 0.25) is 0 Å². The van der Waals surface area contributed by atoms with Gasteiger partial charge in [-0.3, -0.25) is 4.79 Å². The highest BCUT2D eigenvalue weighted by molar-refractivity contribution is 6.06. The number of benzene rings is 2. The minimum absolute atomic E-state index is 0.170. The maximum Gasteiger partial charge on any atom is 0.185 e. The summed E-state index contributed by atoms with van der Waals surface area (Å²) in [6, 6.07) is 13.1. The van der Waals surface area contributed by atoms with Crippen molar-refractivity contribution in [2.24, 2.45) is 0 Å². The summed E-state index contributed by atoms with van der Waals surface area (Å²) in [4.78, 5) is 15.2. The summed E-state index contributed by atoms with van der Waals surface area (Å²) < 4.78 is 18.0. The standard InChI is InChI=1S/C18H14FNO2/c1-22-16-7-8-17-13(11-16)10-15(20-17)6-9-18(21)12-2-4-14(19)5-3-12/h2-11,20H,1H3/b9-6+. The molecule has 22 heavy (non-hydrogen) atoms. The third-order valence-corrected chi connectivity index (χ3v) is 3.39. The second-order valence-corrected chi connectivity index (χ2v) is 4.88. The Labute approximate surface area is 127 Å². The molecule has 1 N–H and O–H groups in total. The molecule has 0 unspecified atom stereocenters. The van der Waals surface area contributed by atoms with Crippen LogP contribution in [0.25, 0.3) is 17.0 Å². The van der Waals surface area contributed by atoms with Crippen LogP contribution in [0.15, 0.2) is 54.6 Å². The van der Waals surface area contributed by atoms with E-state index in [9.17, 15) is 9.18 Å². The molecule has 4 heteroatoms. The van der Waals surface area contributed by atoms with Gasteiger partial charge in [0.05, 0.1) is 7.11 Å². The summed E-state index contributed by atoms with van der Waals surface area (Å²) in [5, 5.41) is 1.01. The lowest BCUT2D eigenvalue weighted by molar-refractivity contribution is 0.104. The summed E-state index contributed by atoms with van der Waals surface area (Å²) in [5.74, 6) is 0.255. The number of carbonyl (C=O) groups is 1. The summed E-state index contributed by atoms with van der Waals surface area (Å²) in [6.45, 7) is 0. The molecule has 3 nitrogen and oxygen atoms in total. The van der Waals surface area contributed by atoms with E-state index in [0.717, 1.165) is 22.3 Å². The first-order valence-corrected chi connectivity index (χ1v) is 6.80. The first-order valence-electron chi connectivity index (χ1n) is 6.80. The molecule has 0 spiro atoms. The molecule has 3 rings (SSSR count). The normalized spacial score (nSPS) is 11.2. The van der Waals surface area contributed by atoms with Crippen molar-refractivity contribution >= 4 is 22.8 Å². The van der Waals surface area contributed by atoms with Crippen molar-refractivity contribution < 1.29 is 13.9 Å². The second-order valence-electron chi connectivity index (χ2n) is 4.88. The first kappa shape index (κ1) is 14.1.